The first-order valence-electron chi connectivity index (χ1n) is 6.43. The van der Waals surface area contributed by atoms with Crippen LogP contribution in [0.1, 0.15) is 78.6 Å². The molecular formula is C13H28N. The second kappa shape index (κ2) is 8.28. The van der Waals surface area contributed by atoms with Crippen LogP contribution in [0.25, 0.3) is 0 Å². The van der Waals surface area contributed by atoms with Gasteiger partial charge in [0.1, 0.15) is 0 Å². The molecule has 0 bridgehead atoms. The summed E-state index contributed by atoms with van der Waals surface area (Å²) in [5, 5.41) is 0. The van der Waals surface area contributed by atoms with E-state index in [-0.39, 0.29) is 5.54 Å². The number of unbranched alkanes of at least 4 members (excludes halogenated alkanes) is 5. The Bertz CT molecular complexity index is 116. The smallest absolute Gasteiger partial charge is 0.0318 e. The van der Waals surface area contributed by atoms with Gasteiger partial charge < -0.3 is 0 Å². The molecule has 0 fully saturated rings. The van der Waals surface area contributed by atoms with Crippen molar-refractivity contribution in [2.45, 2.75) is 84.1 Å². The van der Waals surface area contributed by atoms with Gasteiger partial charge >= 0.3 is 0 Å². The first kappa shape index (κ1) is 14.0. The topological polar surface area (TPSA) is 23.8 Å². The van der Waals surface area contributed by atoms with Gasteiger partial charge in [-0.1, -0.05) is 59.3 Å². The maximum Gasteiger partial charge on any atom is 0.0318 e. The SMILES string of the molecule is CCCCCCCCC([NH])(CC)CC. The van der Waals surface area contributed by atoms with Crippen molar-refractivity contribution in [2.75, 3.05) is 0 Å². The summed E-state index contributed by atoms with van der Waals surface area (Å²) in [6.45, 7) is 6.55. The van der Waals surface area contributed by atoms with Gasteiger partial charge in [0.25, 0.3) is 0 Å². The average Bonchev–Trinajstić information content (AvgIpc) is 2.23. The Morgan fingerprint density at radius 2 is 1.29 bits per heavy atom. The molecule has 0 aliphatic rings. The predicted octanol–water partition coefficient (Wildman–Crippen LogP) is 4.58. The van der Waals surface area contributed by atoms with E-state index in [2.05, 4.69) is 20.8 Å². The van der Waals surface area contributed by atoms with Crippen LogP contribution in [0.4, 0.5) is 0 Å². The van der Waals surface area contributed by atoms with Crippen molar-refractivity contribution >= 4 is 0 Å². The molecule has 0 atom stereocenters. The number of hydrogen-bond donors (Lipinski definition) is 0. The molecule has 0 aromatic carbocycles. The van der Waals surface area contributed by atoms with E-state index in [1.165, 1.54) is 38.5 Å². The van der Waals surface area contributed by atoms with Crippen molar-refractivity contribution in [3.8, 4) is 0 Å². The molecule has 0 aliphatic carbocycles. The van der Waals surface area contributed by atoms with Gasteiger partial charge in [0, 0.05) is 5.54 Å². The first-order chi connectivity index (χ1) is 6.68. The molecular weight excluding hydrogens is 170 g/mol. The number of hydrogen-bond acceptors (Lipinski definition) is 0. The molecule has 1 heteroatoms. The van der Waals surface area contributed by atoms with E-state index in [0.29, 0.717) is 0 Å². The molecule has 1 radical (unpaired) electrons. The minimum Gasteiger partial charge on any atom is -0.251 e. The lowest BCUT2D eigenvalue weighted by Gasteiger charge is -2.25. The lowest BCUT2D eigenvalue weighted by atomic mass is 9.88. The van der Waals surface area contributed by atoms with Crippen LogP contribution in [-0.2, 0) is 0 Å². The third kappa shape index (κ3) is 6.42. The van der Waals surface area contributed by atoms with Gasteiger partial charge in [-0.25, -0.2) is 0 Å². The van der Waals surface area contributed by atoms with E-state index < -0.39 is 0 Å². The van der Waals surface area contributed by atoms with E-state index in [4.69, 9.17) is 5.73 Å². The zero-order chi connectivity index (χ0) is 10.9. The normalized spacial score (nSPS) is 12.0. The average molecular weight is 198 g/mol. The van der Waals surface area contributed by atoms with E-state index in [1.54, 1.807) is 0 Å². The van der Waals surface area contributed by atoms with Crippen LogP contribution in [0.5, 0.6) is 0 Å². The molecule has 0 heterocycles. The van der Waals surface area contributed by atoms with Gasteiger partial charge in [-0.3, -0.25) is 5.73 Å². The summed E-state index contributed by atoms with van der Waals surface area (Å²) in [5.41, 5.74) is 8.01. The maximum atomic E-state index is 8.13. The highest BCUT2D eigenvalue weighted by Crippen LogP contribution is 2.21. The Hall–Kier alpha value is -0.0400. The van der Waals surface area contributed by atoms with Crippen LogP contribution in [0.15, 0.2) is 0 Å². The molecule has 0 aliphatic heterocycles. The summed E-state index contributed by atoms with van der Waals surface area (Å²) in [6.07, 6.45) is 11.2. The van der Waals surface area contributed by atoms with Crippen molar-refractivity contribution in [3.05, 3.63) is 0 Å². The van der Waals surface area contributed by atoms with Crippen molar-refractivity contribution in [1.29, 1.82) is 0 Å². The lowest BCUT2D eigenvalue weighted by molar-refractivity contribution is 0.337. The van der Waals surface area contributed by atoms with E-state index >= 15 is 0 Å². The second-order valence-electron chi connectivity index (χ2n) is 4.51. The zero-order valence-electron chi connectivity index (χ0n) is 10.4. The summed E-state index contributed by atoms with van der Waals surface area (Å²) in [7, 11) is 0. The van der Waals surface area contributed by atoms with Crippen LogP contribution in [0, 0.1) is 0 Å². The van der Waals surface area contributed by atoms with Crippen LogP contribution >= 0.6 is 0 Å². The van der Waals surface area contributed by atoms with E-state index in [0.717, 1.165) is 19.3 Å². The quantitative estimate of drug-likeness (QED) is 0.484. The Labute approximate surface area is 90.5 Å². The molecule has 1 nitrogen and oxygen atoms in total. The predicted molar refractivity (Wildman–Crippen MR) is 64.4 cm³/mol. The molecule has 0 aromatic rings. The fourth-order valence-corrected chi connectivity index (χ4v) is 1.85. The standard InChI is InChI=1S/C13H28N/c1-4-7-8-9-10-11-12-13(14,5-2)6-3/h14H,4-12H2,1-3H3. The highest BCUT2D eigenvalue weighted by molar-refractivity contribution is 4.79. The lowest BCUT2D eigenvalue weighted by Crippen LogP contribution is -2.28. The number of nitrogens with one attached hydrogen (secondary N) is 1. The summed E-state index contributed by atoms with van der Waals surface area (Å²) < 4.78 is 0. The molecule has 1 N–H and O–H groups in total. The monoisotopic (exact) mass is 198 g/mol. The van der Waals surface area contributed by atoms with Crippen LogP contribution in [0.3, 0.4) is 0 Å². The molecule has 14 heavy (non-hydrogen) atoms. The molecule has 0 amide bonds. The minimum atomic E-state index is -0.120. The van der Waals surface area contributed by atoms with Gasteiger partial charge in [-0.15, -0.1) is 0 Å². The summed E-state index contributed by atoms with van der Waals surface area (Å²) in [6, 6.07) is 0. The Morgan fingerprint density at radius 1 is 0.786 bits per heavy atom. The molecule has 0 unspecified atom stereocenters. The van der Waals surface area contributed by atoms with Crippen LogP contribution in [-0.4, -0.2) is 5.54 Å². The third-order valence-electron chi connectivity index (χ3n) is 3.36. The largest absolute Gasteiger partial charge is 0.251 e. The highest BCUT2D eigenvalue weighted by Gasteiger charge is 2.19. The van der Waals surface area contributed by atoms with Crippen molar-refractivity contribution in [1.82, 2.24) is 5.73 Å². The zero-order valence-corrected chi connectivity index (χ0v) is 10.4. The molecule has 85 valence electrons. The van der Waals surface area contributed by atoms with E-state index in [9.17, 15) is 0 Å². The maximum absolute atomic E-state index is 8.13. The Morgan fingerprint density at radius 3 is 1.79 bits per heavy atom. The summed E-state index contributed by atoms with van der Waals surface area (Å²) in [4.78, 5) is 0. The second-order valence-corrected chi connectivity index (χ2v) is 4.51. The van der Waals surface area contributed by atoms with Gasteiger partial charge in [0.2, 0.25) is 0 Å². The molecule has 0 saturated heterocycles. The summed E-state index contributed by atoms with van der Waals surface area (Å²) >= 11 is 0. The number of rotatable bonds is 9. The fraction of sp³-hybridized carbons (Fsp3) is 1.00. The van der Waals surface area contributed by atoms with Gasteiger partial charge in [0.15, 0.2) is 0 Å². The molecule has 0 spiro atoms. The van der Waals surface area contributed by atoms with Gasteiger partial charge in [-0.2, -0.15) is 0 Å². The van der Waals surface area contributed by atoms with E-state index in [1.807, 2.05) is 0 Å². The fourth-order valence-electron chi connectivity index (χ4n) is 1.85. The van der Waals surface area contributed by atoms with Crippen molar-refractivity contribution < 1.29 is 0 Å². The van der Waals surface area contributed by atoms with Gasteiger partial charge in [0.05, 0.1) is 0 Å². The van der Waals surface area contributed by atoms with Crippen molar-refractivity contribution in [2.24, 2.45) is 0 Å². The molecule has 0 aromatic heterocycles. The van der Waals surface area contributed by atoms with Crippen LogP contribution in [0.2, 0.25) is 0 Å². The minimum absolute atomic E-state index is 0.120. The molecule has 0 rings (SSSR count). The Kier molecular flexibility index (Phi) is 8.26. The summed E-state index contributed by atoms with van der Waals surface area (Å²) in [5.74, 6) is 0. The molecule has 0 saturated carbocycles. The Balaban J connectivity index is 3.34. The highest BCUT2D eigenvalue weighted by atomic mass is 14.7. The third-order valence-corrected chi connectivity index (χ3v) is 3.36. The van der Waals surface area contributed by atoms with Gasteiger partial charge in [-0.05, 0) is 19.3 Å². The first-order valence-corrected chi connectivity index (χ1v) is 6.43. The van der Waals surface area contributed by atoms with Crippen LogP contribution < -0.4 is 5.73 Å². The van der Waals surface area contributed by atoms with Crippen molar-refractivity contribution in [3.63, 3.8) is 0 Å².